The smallest absolute Gasteiger partial charge is 0.308 e. The molecule has 2 nitrogen and oxygen atoms in total. The molecule has 0 aliphatic heterocycles. The lowest BCUT2D eigenvalue weighted by Crippen LogP contribution is -2.32. The van der Waals surface area contributed by atoms with Gasteiger partial charge in [0, 0.05) is 0 Å². The Kier molecular flexibility index (Phi) is 2.45. The largest absolute Gasteiger partial charge is 0.459 e. The summed E-state index contributed by atoms with van der Waals surface area (Å²) in [6.45, 7) is 7.74. The van der Waals surface area contributed by atoms with E-state index in [1.165, 1.54) is 12.8 Å². The monoisotopic (exact) mass is 170 g/mol. The number of rotatable bonds is 3. The maximum Gasteiger partial charge on any atom is 0.308 e. The molecule has 0 aromatic rings. The fourth-order valence-electron chi connectivity index (χ4n) is 1.24. The van der Waals surface area contributed by atoms with Gasteiger partial charge in [0.25, 0.3) is 0 Å². The van der Waals surface area contributed by atoms with Gasteiger partial charge in [-0.15, -0.1) is 0 Å². The molecule has 0 saturated heterocycles. The van der Waals surface area contributed by atoms with Gasteiger partial charge in [0.2, 0.25) is 0 Å². The van der Waals surface area contributed by atoms with Crippen LogP contribution in [0, 0.1) is 11.8 Å². The average molecular weight is 170 g/mol. The Labute approximate surface area is 74.3 Å². The van der Waals surface area contributed by atoms with Crippen LogP contribution in [-0.2, 0) is 9.53 Å². The third-order valence-electron chi connectivity index (χ3n) is 2.40. The topological polar surface area (TPSA) is 26.3 Å². The van der Waals surface area contributed by atoms with Crippen LogP contribution in [0.2, 0.25) is 0 Å². The number of hydrogen-bond acceptors (Lipinski definition) is 2. The van der Waals surface area contributed by atoms with Gasteiger partial charge in [0.15, 0.2) is 0 Å². The Hall–Kier alpha value is -0.530. The molecule has 1 aliphatic carbocycles. The summed E-state index contributed by atoms with van der Waals surface area (Å²) < 4.78 is 5.38. The Morgan fingerprint density at radius 1 is 1.42 bits per heavy atom. The first-order valence-electron chi connectivity index (χ1n) is 4.66. The second kappa shape index (κ2) is 3.08. The molecule has 0 amide bonds. The van der Waals surface area contributed by atoms with Crippen LogP contribution in [0.1, 0.15) is 40.5 Å². The molecule has 0 radical (unpaired) electrons. The molecule has 0 bridgehead atoms. The average Bonchev–Trinajstić information content (AvgIpc) is 2.65. The first kappa shape index (κ1) is 9.56. The second-order valence-electron chi connectivity index (χ2n) is 4.45. The maximum absolute atomic E-state index is 11.3. The van der Waals surface area contributed by atoms with Crippen molar-refractivity contribution < 1.29 is 9.53 Å². The van der Waals surface area contributed by atoms with E-state index in [1.54, 1.807) is 0 Å². The predicted octanol–water partition coefficient (Wildman–Crippen LogP) is 2.37. The molecule has 12 heavy (non-hydrogen) atoms. The highest BCUT2D eigenvalue weighted by atomic mass is 16.6. The van der Waals surface area contributed by atoms with Crippen LogP contribution in [0.15, 0.2) is 0 Å². The van der Waals surface area contributed by atoms with Crippen LogP contribution in [0.4, 0.5) is 0 Å². The van der Waals surface area contributed by atoms with Gasteiger partial charge in [-0.1, -0.05) is 13.8 Å². The molecular formula is C10H18O2. The molecule has 0 N–H and O–H groups in total. The number of carbonyl (C=O) groups is 1. The van der Waals surface area contributed by atoms with Gasteiger partial charge in [-0.25, -0.2) is 0 Å². The van der Waals surface area contributed by atoms with Crippen LogP contribution < -0.4 is 0 Å². The van der Waals surface area contributed by atoms with Gasteiger partial charge < -0.3 is 4.74 Å². The SMILES string of the molecule is CC(C)C(=O)OC(C)(C)C1CC1. The molecule has 1 saturated carbocycles. The van der Waals surface area contributed by atoms with E-state index < -0.39 is 0 Å². The maximum atomic E-state index is 11.3. The summed E-state index contributed by atoms with van der Waals surface area (Å²) in [4.78, 5) is 11.3. The summed E-state index contributed by atoms with van der Waals surface area (Å²) in [6, 6.07) is 0. The van der Waals surface area contributed by atoms with Gasteiger partial charge >= 0.3 is 5.97 Å². The van der Waals surface area contributed by atoms with Crippen LogP contribution >= 0.6 is 0 Å². The molecule has 70 valence electrons. The second-order valence-corrected chi connectivity index (χ2v) is 4.45. The van der Waals surface area contributed by atoms with Gasteiger partial charge in [0.1, 0.15) is 5.60 Å². The molecule has 0 spiro atoms. The van der Waals surface area contributed by atoms with E-state index in [0.29, 0.717) is 5.92 Å². The molecule has 1 aliphatic rings. The van der Waals surface area contributed by atoms with E-state index in [9.17, 15) is 4.79 Å². The lowest BCUT2D eigenvalue weighted by Gasteiger charge is -2.25. The van der Waals surface area contributed by atoms with Crippen LogP contribution in [0.3, 0.4) is 0 Å². The summed E-state index contributed by atoms with van der Waals surface area (Å²) in [5.74, 6) is 0.509. The minimum Gasteiger partial charge on any atom is -0.459 e. The van der Waals surface area contributed by atoms with Gasteiger partial charge in [-0.3, -0.25) is 4.79 Å². The minimum absolute atomic E-state index is 0.0111. The number of carbonyl (C=O) groups excluding carboxylic acids is 1. The third kappa shape index (κ3) is 2.23. The van der Waals surface area contributed by atoms with Crippen molar-refractivity contribution in [3.63, 3.8) is 0 Å². The van der Waals surface area contributed by atoms with E-state index in [1.807, 2.05) is 27.7 Å². The molecule has 1 rings (SSSR count). The van der Waals surface area contributed by atoms with E-state index in [0.717, 1.165) is 0 Å². The van der Waals surface area contributed by atoms with Crippen molar-refractivity contribution >= 4 is 5.97 Å². The minimum atomic E-state index is -0.235. The van der Waals surface area contributed by atoms with Crippen molar-refractivity contribution in [1.82, 2.24) is 0 Å². The van der Waals surface area contributed by atoms with Crippen LogP contribution in [-0.4, -0.2) is 11.6 Å². The normalized spacial score (nSPS) is 18.1. The Balaban J connectivity index is 2.43. The van der Waals surface area contributed by atoms with Crippen molar-refractivity contribution in [2.75, 3.05) is 0 Å². The molecule has 1 fully saturated rings. The standard InChI is InChI=1S/C10H18O2/c1-7(2)9(11)12-10(3,4)8-5-6-8/h7-8H,5-6H2,1-4H3. The zero-order valence-electron chi connectivity index (χ0n) is 8.39. The summed E-state index contributed by atoms with van der Waals surface area (Å²) in [6.07, 6.45) is 2.41. The van der Waals surface area contributed by atoms with Crippen LogP contribution in [0.5, 0.6) is 0 Å². The lowest BCUT2D eigenvalue weighted by atomic mass is 10.0. The molecule has 0 aromatic heterocycles. The summed E-state index contributed by atoms with van der Waals surface area (Å²) in [5.41, 5.74) is -0.235. The summed E-state index contributed by atoms with van der Waals surface area (Å²) >= 11 is 0. The van der Waals surface area contributed by atoms with Gasteiger partial charge in [0.05, 0.1) is 5.92 Å². The zero-order valence-corrected chi connectivity index (χ0v) is 8.39. The number of esters is 1. The van der Waals surface area contributed by atoms with Crippen molar-refractivity contribution in [3.05, 3.63) is 0 Å². The van der Waals surface area contributed by atoms with Gasteiger partial charge in [-0.05, 0) is 32.6 Å². The van der Waals surface area contributed by atoms with Crippen molar-refractivity contribution in [1.29, 1.82) is 0 Å². The zero-order chi connectivity index (χ0) is 9.35. The Morgan fingerprint density at radius 2 is 1.92 bits per heavy atom. The first-order valence-corrected chi connectivity index (χ1v) is 4.66. The summed E-state index contributed by atoms with van der Waals surface area (Å²) in [7, 11) is 0. The first-order chi connectivity index (χ1) is 5.43. The van der Waals surface area contributed by atoms with E-state index in [-0.39, 0.29) is 17.5 Å². The van der Waals surface area contributed by atoms with E-state index in [2.05, 4.69) is 0 Å². The Morgan fingerprint density at radius 3 is 2.25 bits per heavy atom. The quantitative estimate of drug-likeness (QED) is 0.608. The molecule has 2 heteroatoms. The number of hydrogen-bond donors (Lipinski definition) is 0. The third-order valence-corrected chi connectivity index (χ3v) is 2.40. The predicted molar refractivity (Wildman–Crippen MR) is 47.7 cm³/mol. The lowest BCUT2D eigenvalue weighted by molar-refractivity contribution is -0.162. The summed E-state index contributed by atoms with van der Waals surface area (Å²) in [5, 5.41) is 0. The Bertz CT molecular complexity index is 178. The van der Waals surface area contributed by atoms with Crippen molar-refractivity contribution in [2.24, 2.45) is 11.8 Å². The molecule has 0 atom stereocenters. The van der Waals surface area contributed by atoms with Crippen molar-refractivity contribution in [2.45, 2.75) is 46.1 Å². The number of ether oxygens (including phenoxy) is 1. The van der Waals surface area contributed by atoms with Crippen molar-refractivity contribution in [3.8, 4) is 0 Å². The molecular weight excluding hydrogens is 152 g/mol. The molecule has 0 aromatic carbocycles. The highest BCUT2D eigenvalue weighted by Gasteiger charge is 2.41. The highest BCUT2D eigenvalue weighted by molar-refractivity contribution is 5.72. The molecule has 0 heterocycles. The molecule has 0 unspecified atom stereocenters. The fourth-order valence-corrected chi connectivity index (χ4v) is 1.24. The van der Waals surface area contributed by atoms with E-state index in [4.69, 9.17) is 4.74 Å². The van der Waals surface area contributed by atoms with E-state index >= 15 is 0 Å². The highest BCUT2D eigenvalue weighted by Crippen LogP contribution is 2.41. The van der Waals surface area contributed by atoms with Crippen LogP contribution in [0.25, 0.3) is 0 Å². The van der Waals surface area contributed by atoms with Gasteiger partial charge in [-0.2, -0.15) is 0 Å². The fraction of sp³-hybridized carbons (Fsp3) is 0.900.